The zero-order valence-electron chi connectivity index (χ0n) is 10.9. The van der Waals surface area contributed by atoms with E-state index < -0.39 is 18.0 Å². The Morgan fingerprint density at radius 3 is 2.81 bits per heavy atom. The summed E-state index contributed by atoms with van der Waals surface area (Å²) < 4.78 is 37.7. The van der Waals surface area contributed by atoms with Crippen LogP contribution in [0.4, 0.5) is 13.2 Å². The Bertz CT molecular complexity index is 682. The Morgan fingerprint density at radius 1 is 1.38 bits per heavy atom. The molecule has 2 aromatic rings. The van der Waals surface area contributed by atoms with E-state index in [4.69, 9.17) is 5.41 Å². The average Bonchev–Trinajstić information content (AvgIpc) is 2.94. The highest BCUT2D eigenvalue weighted by Crippen LogP contribution is 2.23. The monoisotopic (exact) mass is 312 g/mol. The molecule has 2 rings (SSSR count). The van der Waals surface area contributed by atoms with Gasteiger partial charge in [0.25, 0.3) is 6.43 Å². The first-order valence-corrected chi connectivity index (χ1v) is 7.03. The molecule has 0 fully saturated rings. The first-order valence-electron chi connectivity index (χ1n) is 5.81. The van der Waals surface area contributed by atoms with Crippen LogP contribution in [0.25, 0.3) is 17.5 Å². The van der Waals surface area contributed by atoms with Gasteiger partial charge in [-0.15, -0.1) is 11.8 Å². The molecule has 2 heterocycles. The molecule has 0 bridgehead atoms. The maximum Gasteiger partial charge on any atom is 0.279 e. The summed E-state index contributed by atoms with van der Waals surface area (Å²) in [4.78, 5) is 11.2. The lowest BCUT2D eigenvalue weighted by Crippen LogP contribution is -2.03. The number of imidazole rings is 1. The molecule has 2 aromatic heterocycles. The van der Waals surface area contributed by atoms with Crippen molar-refractivity contribution in [2.75, 3.05) is 6.26 Å². The van der Waals surface area contributed by atoms with Crippen LogP contribution in [-0.4, -0.2) is 33.3 Å². The molecule has 0 atom stereocenters. The maximum atomic E-state index is 13.4. The number of hydrogen-bond acceptors (Lipinski definition) is 4. The van der Waals surface area contributed by atoms with E-state index >= 15 is 0 Å². The van der Waals surface area contributed by atoms with E-state index in [0.29, 0.717) is 22.1 Å². The number of allylic oxidation sites excluding steroid dienone is 1. The summed E-state index contributed by atoms with van der Waals surface area (Å²) in [6, 6.07) is 1.57. The number of halogens is 3. The Kier molecular flexibility index (Phi) is 4.79. The van der Waals surface area contributed by atoms with Crippen LogP contribution < -0.4 is 0 Å². The molecule has 0 amide bonds. The van der Waals surface area contributed by atoms with E-state index in [9.17, 15) is 13.2 Å². The first kappa shape index (κ1) is 15.3. The average molecular weight is 312 g/mol. The van der Waals surface area contributed by atoms with E-state index in [2.05, 4.69) is 15.0 Å². The summed E-state index contributed by atoms with van der Waals surface area (Å²) in [6.45, 7) is 0. The zero-order valence-corrected chi connectivity index (χ0v) is 11.7. The van der Waals surface area contributed by atoms with Gasteiger partial charge in [0.05, 0.1) is 29.5 Å². The number of hydrogen-bond donors (Lipinski definition) is 2. The van der Waals surface area contributed by atoms with Crippen molar-refractivity contribution in [1.82, 2.24) is 15.0 Å². The molecule has 0 spiro atoms. The molecule has 0 saturated heterocycles. The molecule has 0 aromatic carbocycles. The summed E-state index contributed by atoms with van der Waals surface area (Å²) in [5.41, 5.74) is 0.239. The second kappa shape index (κ2) is 6.57. The number of thioether (sulfide) groups is 1. The number of rotatable bonds is 5. The van der Waals surface area contributed by atoms with Crippen LogP contribution >= 0.6 is 11.8 Å². The van der Waals surface area contributed by atoms with Crippen molar-refractivity contribution >= 4 is 23.5 Å². The molecule has 0 aliphatic carbocycles. The van der Waals surface area contributed by atoms with Crippen molar-refractivity contribution in [3.63, 3.8) is 0 Å². The molecule has 4 nitrogen and oxygen atoms in total. The fourth-order valence-electron chi connectivity index (χ4n) is 1.52. The number of H-pyrrole nitrogens is 1. The minimum Gasteiger partial charge on any atom is -0.337 e. The van der Waals surface area contributed by atoms with Crippen LogP contribution in [-0.2, 0) is 0 Å². The van der Waals surface area contributed by atoms with Gasteiger partial charge in [0.2, 0.25) is 0 Å². The van der Waals surface area contributed by atoms with Gasteiger partial charge >= 0.3 is 0 Å². The van der Waals surface area contributed by atoms with Crippen molar-refractivity contribution in [1.29, 1.82) is 5.41 Å². The van der Waals surface area contributed by atoms with Crippen LogP contribution in [0.1, 0.15) is 5.82 Å². The predicted octanol–water partition coefficient (Wildman–Crippen LogP) is 3.63. The molecule has 21 heavy (non-hydrogen) atoms. The fourth-order valence-corrected chi connectivity index (χ4v) is 1.99. The van der Waals surface area contributed by atoms with Crippen molar-refractivity contribution in [2.24, 2.45) is 0 Å². The van der Waals surface area contributed by atoms with E-state index in [-0.39, 0.29) is 0 Å². The van der Waals surface area contributed by atoms with Crippen LogP contribution in [0, 0.1) is 11.2 Å². The number of nitrogens with zero attached hydrogens (tertiary/aromatic N) is 2. The fraction of sp³-hybridized carbons (Fsp3) is 0.154. The number of pyridine rings is 1. The van der Waals surface area contributed by atoms with Crippen LogP contribution in [0.5, 0.6) is 0 Å². The van der Waals surface area contributed by atoms with Gasteiger partial charge in [-0.2, -0.15) is 0 Å². The first-order chi connectivity index (χ1) is 10.0. The van der Waals surface area contributed by atoms with E-state index in [0.717, 1.165) is 12.3 Å². The van der Waals surface area contributed by atoms with Crippen LogP contribution in [0.3, 0.4) is 0 Å². The largest absolute Gasteiger partial charge is 0.337 e. The number of alkyl halides is 2. The normalized spacial score (nSPS) is 11.5. The summed E-state index contributed by atoms with van der Waals surface area (Å²) in [5.74, 6) is -0.0940. The molecule has 0 aliphatic heterocycles. The van der Waals surface area contributed by atoms with Crippen LogP contribution in [0.15, 0.2) is 29.4 Å². The minimum absolute atomic E-state index is 0.312. The second-order valence-electron chi connectivity index (χ2n) is 3.98. The Balaban J connectivity index is 2.22. The summed E-state index contributed by atoms with van der Waals surface area (Å²) in [6.07, 6.45) is 3.76. The second-order valence-corrected chi connectivity index (χ2v) is 4.82. The standard InChI is InChI=1S/C13H11F3N4S/c1-21-11-4-9(18-5-7(11)14)10-6-19-12(20-10)3-2-8(17)13(15)16/h2-6,13,17H,1H3,(H,19,20)/b3-2-,17-8?. The van der Waals surface area contributed by atoms with E-state index in [1.807, 2.05) is 0 Å². The highest BCUT2D eigenvalue weighted by Gasteiger charge is 2.09. The van der Waals surface area contributed by atoms with Gasteiger partial charge in [-0.3, -0.25) is 10.4 Å². The predicted molar refractivity (Wildman–Crippen MR) is 76.3 cm³/mol. The van der Waals surface area contributed by atoms with Gasteiger partial charge in [-0.05, 0) is 24.5 Å². The highest BCUT2D eigenvalue weighted by atomic mass is 32.2. The quantitative estimate of drug-likeness (QED) is 0.654. The lowest BCUT2D eigenvalue weighted by molar-refractivity contribution is 0.226. The highest BCUT2D eigenvalue weighted by molar-refractivity contribution is 7.98. The zero-order chi connectivity index (χ0) is 15.4. The third-order valence-corrected chi connectivity index (χ3v) is 3.32. The van der Waals surface area contributed by atoms with Crippen molar-refractivity contribution < 1.29 is 13.2 Å². The molecule has 0 radical (unpaired) electrons. The van der Waals surface area contributed by atoms with Crippen molar-refractivity contribution in [2.45, 2.75) is 11.3 Å². The summed E-state index contributed by atoms with van der Waals surface area (Å²) in [7, 11) is 0. The maximum absolute atomic E-state index is 13.4. The van der Waals surface area contributed by atoms with Gasteiger partial charge in [0.15, 0.2) is 5.82 Å². The Labute approximate surface area is 123 Å². The van der Waals surface area contributed by atoms with E-state index in [1.54, 1.807) is 12.3 Å². The Hall–Kier alpha value is -2.09. The summed E-state index contributed by atoms with van der Waals surface area (Å²) >= 11 is 1.25. The smallest absolute Gasteiger partial charge is 0.279 e. The molecule has 8 heteroatoms. The molecule has 110 valence electrons. The molecule has 0 saturated carbocycles. The van der Waals surface area contributed by atoms with Gasteiger partial charge in [-0.25, -0.2) is 18.2 Å². The lowest BCUT2D eigenvalue weighted by atomic mass is 10.3. The molecule has 0 unspecified atom stereocenters. The molecular formula is C13H11F3N4S. The number of aromatic nitrogens is 3. The van der Waals surface area contributed by atoms with Crippen LogP contribution in [0.2, 0.25) is 0 Å². The minimum atomic E-state index is -2.82. The molecular weight excluding hydrogens is 301 g/mol. The SMILES string of the molecule is CSc1cc(-c2cnc(/C=C\C(=N)C(F)F)[nH]2)ncc1F. The number of aromatic amines is 1. The molecule has 0 aliphatic rings. The van der Waals surface area contributed by atoms with Gasteiger partial charge in [0, 0.05) is 4.90 Å². The Morgan fingerprint density at radius 2 is 2.14 bits per heavy atom. The third kappa shape index (κ3) is 3.72. The summed E-state index contributed by atoms with van der Waals surface area (Å²) in [5, 5.41) is 7.01. The molecule has 2 N–H and O–H groups in total. The van der Waals surface area contributed by atoms with Crippen molar-refractivity contribution in [3.05, 3.63) is 36.2 Å². The van der Waals surface area contributed by atoms with Gasteiger partial charge in [-0.1, -0.05) is 0 Å². The lowest BCUT2D eigenvalue weighted by Gasteiger charge is -2.01. The van der Waals surface area contributed by atoms with Gasteiger partial charge < -0.3 is 4.98 Å². The number of nitrogens with one attached hydrogen (secondary N) is 2. The van der Waals surface area contributed by atoms with Gasteiger partial charge in [0.1, 0.15) is 5.82 Å². The topological polar surface area (TPSA) is 65.4 Å². The van der Waals surface area contributed by atoms with E-state index in [1.165, 1.54) is 24.0 Å². The third-order valence-electron chi connectivity index (χ3n) is 2.57. The van der Waals surface area contributed by atoms with Crippen molar-refractivity contribution in [3.8, 4) is 11.4 Å².